The van der Waals surface area contributed by atoms with E-state index in [0.29, 0.717) is 11.1 Å². The zero-order valence-corrected chi connectivity index (χ0v) is 8.33. The summed E-state index contributed by atoms with van der Waals surface area (Å²) in [6.07, 6.45) is -1.28. The average Bonchev–Trinajstić information content (AvgIpc) is 2.08. The molecule has 0 radical (unpaired) electrons. The Bertz CT molecular complexity index is 315. The van der Waals surface area contributed by atoms with E-state index >= 15 is 0 Å². The van der Waals surface area contributed by atoms with Crippen molar-refractivity contribution < 1.29 is 8.78 Å². The molecule has 1 nitrogen and oxygen atoms in total. The van der Waals surface area contributed by atoms with Crippen LogP contribution < -0.4 is 0 Å². The minimum Gasteiger partial charge on any atom is -0.244 e. The van der Waals surface area contributed by atoms with Crippen molar-refractivity contribution in [2.45, 2.75) is 19.2 Å². The average molecular weight is 226 g/mol. The predicted octanol–water partition coefficient (Wildman–Crippen LogP) is 3.72. The molecule has 0 saturated heterocycles. The number of hydrogen-bond donors (Lipinski definition) is 0. The van der Waals surface area contributed by atoms with Crippen LogP contribution in [0.1, 0.15) is 23.1 Å². The third-order valence-electron chi connectivity index (χ3n) is 1.76. The fourth-order valence-corrected chi connectivity index (χ4v) is 1.43. The normalized spacial score (nSPS) is 10.9. The van der Waals surface area contributed by atoms with E-state index in [0.717, 1.165) is 0 Å². The predicted molar refractivity (Wildman–Crippen MR) is 48.5 cm³/mol. The molecule has 0 bridgehead atoms. The van der Waals surface area contributed by atoms with Gasteiger partial charge in [0.2, 0.25) is 0 Å². The van der Waals surface area contributed by atoms with Crippen LogP contribution in [0.4, 0.5) is 8.78 Å². The summed E-state index contributed by atoms with van der Waals surface area (Å²) in [5.41, 5.74) is 0.531. The Morgan fingerprint density at radius 3 is 2.62 bits per heavy atom. The molecule has 0 saturated carbocycles. The Morgan fingerprint density at radius 1 is 1.54 bits per heavy atom. The van der Waals surface area contributed by atoms with E-state index in [1.807, 2.05) is 0 Å². The molecule has 0 aliphatic rings. The molecular formula is C8H7Cl2F2N. The Balaban J connectivity index is 3.32. The highest BCUT2D eigenvalue weighted by molar-refractivity contribution is 6.30. The van der Waals surface area contributed by atoms with Gasteiger partial charge in [-0.1, -0.05) is 11.6 Å². The van der Waals surface area contributed by atoms with Crippen LogP contribution in [0.5, 0.6) is 0 Å². The minimum atomic E-state index is -2.56. The van der Waals surface area contributed by atoms with Crippen LogP contribution in [0.2, 0.25) is 5.15 Å². The van der Waals surface area contributed by atoms with Crippen molar-refractivity contribution in [1.29, 1.82) is 0 Å². The number of aromatic nitrogens is 1. The smallest absolute Gasteiger partial charge is 0.244 e. The highest BCUT2D eigenvalue weighted by atomic mass is 35.5. The number of rotatable bonds is 2. The van der Waals surface area contributed by atoms with Gasteiger partial charge in [-0.2, -0.15) is 0 Å². The Morgan fingerprint density at radius 2 is 2.15 bits per heavy atom. The number of nitrogens with zero attached hydrogens (tertiary/aromatic N) is 1. The van der Waals surface area contributed by atoms with E-state index in [1.54, 1.807) is 0 Å². The van der Waals surface area contributed by atoms with E-state index in [9.17, 15) is 8.78 Å². The molecule has 0 unspecified atom stereocenters. The SMILES string of the molecule is Cc1c(Cl)ncc(CCl)c1C(F)F. The van der Waals surface area contributed by atoms with Crippen LogP contribution in [-0.2, 0) is 5.88 Å². The van der Waals surface area contributed by atoms with E-state index in [-0.39, 0.29) is 16.6 Å². The van der Waals surface area contributed by atoms with Crippen molar-refractivity contribution in [3.63, 3.8) is 0 Å². The first-order chi connectivity index (χ1) is 6.07. The number of pyridine rings is 1. The molecule has 5 heteroatoms. The first-order valence-electron chi connectivity index (χ1n) is 3.56. The standard InChI is InChI=1S/C8H7Cl2F2N/c1-4-6(8(11)12)5(2-9)3-13-7(4)10/h3,8H,2H2,1H3. The van der Waals surface area contributed by atoms with Gasteiger partial charge in [-0.25, -0.2) is 13.8 Å². The van der Waals surface area contributed by atoms with Crippen LogP contribution >= 0.6 is 23.2 Å². The van der Waals surface area contributed by atoms with Crippen LogP contribution in [0, 0.1) is 6.92 Å². The zero-order valence-electron chi connectivity index (χ0n) is 6.82. The van der Waals surface area contributed by atoms with Crippen molar-refractivity contribution in [2.75, 3.05) is 0 Å². The third-order valence-corrected chi connectivity index (χ3v) is 2.42. The molecule has 0 fully saturated rings. The Labute approximate surface area is 84.7 Å². The fraction of sp³-hybridized carbons (Fsp3) is 0.375. The molecule has 0 aliphatic heterocycles. The van der Waals surface area contributed by atoms with Crippen molar-refractivity contribution >= 4 is 23.2 Å². The van der Waals surface area contributed by atoms with Crippen molar-refractivity contribution in [1.82, 2.24) is 4.98 Å². The van der Waals surface area contributed by atoms with Crippen LogP contribution in [0.3, 0.4) is 0 Å². The molecule has 0 atom stereocenters. The molecule has 1 aromatic rings. The molecule has 0 amide bonds. The minimum absolute atomic E-state index is 0.0185. The summed E-state index contributed by atoms with van der Waals surface area (Å²) in [6, 6.07) is 0. The number of alkyl halides is 3. The quantitative estimate of drug-likeness (QED) is 0.553. The highest BCUT2D eigenvalue weighted by Crippen LogP contribution is 2.30. The molecule has 1 aromatic heterocycles. The third kappa shape index (κ3) is 2.09. The Hall–Kier alpha value is -0.410. The van der Waals surface area contributed by atoms with Gasteiger partial charge in [0.1, 0.15) is 5.15 Å². The monoisotopic (exact) mass is 225 g/mol. The number of hydrogen-bond acceptors (Lipinski definition) is 1. The van der Waals surface area contributed by atoms with Gasteiger partial charge in [-0.3, -0.25) is 0 Å². The summed E-state index contributed by atoms with van der Waals surface area (Å²) in [5.74, 6) is 0.0185. The lowest BCUT2D eigenvalue weighted by Crippen LogP contribution is -1.98. The second-order valence-electron chi connectivity index (χ2n) is 2.55. The maximum atomic E-state index is 12.5. The van der Waals surface area contributed by atoms with E-state index in [4.69, 9.17) is 23.2 Å². The molecule has 0 aromatic carbocycles. The summed E-state index contributed by atoms with van der Waals surface area (Å²) in [4.78, 5) is 3.74. The largest absolute Gasteiger partial charge is 0.264 e. The lowest BCUT2D eigenvalue weighted by Gasteiger charge is -2.09. The molecule has 1 rings (SSSR count). The molecule has 0 N–H and O–H groups in total. The van der Waals surface area contributed by atoms with Gasteiger partial charge in [0, 0.05) is 17.6 Å². The van der Waals surface area contributed by atoms with Crippen LogP contribution in [-0.4, -0.2) is 4.98 Å². The lowest BCUT2D eigenvalue weighted by molar-refractivity contribution is 0.149. The fourth-order valence-electron chi connectivity index (χ4n) is 1.06. The van der Waals surface area contributed by atoms with Crippen molar-refractivity contribution in [3.8, 4) is 0 Å². The maximum absolute atomic E-state index is 12.5. The summed E-state index contributed by atoms with van der Waals surface area (Å²) in [7, 11) is 0. The van der Waals surface area contributed by atoms with Crippen molar-refractivity contribution in [2.24, 2.45) is 0 Å². The zero-order chi connectivity index (χ0) is 10.0. The Kier molecular flexibility index (Phi) is 3.45. The summed E-state index contributed by atoms with van der Waals surface area (Å²) >= 11 is 11.1. The van der Waals surface area contributed by atoms with Gasteiger partial charge in [0.25, 0.3) is 6.43 Å². The van der Waals surface area contributed by atoms with Gasteiger partial charge in [0.15, 0.2) is 0 Å². The van der Waals surface area contributed by atoms with Gasteiger partial charge < -0.3 is 0 Å². The molecule has 72 valence electrons. The second-order valence-corrected chi connectivity index (χ2v) is 3.17. The van der Waals surface area contributed by atoms with E-state index in [1.165, 1.54) is 13.1 Å². The summed E-state index contributed by atoms with van der Waals surface area (Å²) < 4.78 is 25.0. The second kappa shape index (κ2) is 4.20. The van der Waals surface area contributed by atoms with Crippen LogP contribution in [0.25, 0.3) is 0 Å². The molecule has 0 aliphatic carbocycles. The first-order valence-corrected chi connectivity index (χ1v) is 4.47. The van der Waals surface area contributed by atoms with E-state index in [2.05, 4.69) is 4.98 Å². The van der Waals surface area contributed by atoms with Gasteiger partial charge in [-0.15, -0.1) is 11.6 Å². The lowest BCUT2D eigenvalue weighted by atomic mass is 10.1. The van der Waals surface area contributed by atoms with Gasteiger partial charge in [-0.05, 0) is 18.1 Å². The molecule has 1 heterocycles. The van der Waals surface area contributed by atoms with Crippen molar-refractivity contribution in [3.05, 3.63) is 28.0 Å². The topological polar surface area (TPSA) is 12.9 Å². The summed E-state index contributed by atoms with van der Waals surface area (Å²) in [5, 5.41) is 0.101. The number of halogens is 4. The molecule has 0 spiro atoms. The van der Waals surface area contributed by atoms with Gasteiger partial charge >= 0.3 is 0 Å². The first kappa shape index (κ1) is 10.7. The van der Waals surface area contributed by atoms with Crippen LogP contribution in [0.15, 0.2) is 6.20 Å². The molecule has 13 heavy (non-hydrogen) atoms. The van der Waals surface area contributed by atoms with Gasteiger partial charge in [0.05, 0.1) is 0 Å². The molecular weight excluding hydrogens is 219 g/mol. The maximum Gasteiger partial charge on any atom is 0.264 e. The van der Waals surface area contributed by atoms with E-state index < -0.39 is 6.43 Å². The highest BCUT2D eigenvalue weighted by Gasteiger charge is 2.17. The summed E-state index contributed by atoms with van der Waals surface area (Å²) in [6.45, 7) is 1.51.